The van der Waals surface area contributed by atoms with E-state index in [0.29, 0.717) is 5.56 Å². The van der Waals surface area contributed by atoms with Gasteiger partial charge in [-0.2, -0.15) is 0 Å². The van der Waals surface area contributed by atoms with Crippen molar-refractivity contribution < 1.29 is 9.90 Å². The molecule has 2 rings (SSSR count). The summed E-state index contributed by atoms with van der Waals surface area (Å²) in [6.45, 7) is 0. The molecule has 0 aromatic heterocycles. The van der Waals surface area contributed by atoms with Crippen LogP contribution in [0.25, 0.3) is 0 Å². The molecule has 0 bridgehead atoms. The number of aliphatic hydroxyl groups is 1. The fraction of sp³-hybridized carbons (Fsp3) is 0.400. The van der Waals surface area contributed by atoms with Gasteiger partial charge in [-0.05, 0) is 37.8 Å². The molecule has 1 aromatic rings. The lowest BCUT2D eigenvalue weighted by Crippen LogP contribution is -2.29. The van der Waals surface area contributed by atoms with E-state index in [2.05, 4.69) is 11.8 Å². The van der Waals surface area contributed by atoms with Crippen LogP contribution in [0.3, 0.4) is 0 Å². The molecule has 17 heavy (non-hydrogen) atoms. The lowest BCUT2D eigenvalue weighted by atomic mass is 9.85. The first kappa shape index (κ1) is 11.9. The molecule has 2 heteroatoms. The normalized spacial score (nSPS) is 17.9. The second kappa shape index (κ2) is 5.16. The topological polar surface area (TPSA) is 37.3 Å². The van der Waals surface area contributed by atoms with E-state index in [1.807, 2.05) is 12.1 Å². The van der Waals surface area contributed by atoms with Gasteiger partial charge in [0.25, 0.3) is 0 Å². The molecule has 0 heterocycles. The number of hydrogen-bond donors (Lipinski definition) is 1. The van der Waals surface area contributed by atoms with Gasteiger partial charge in [0.15, 0.2) is 0 Å². The largest absolute Gasteiger partial charge is 0.378 e. The number of rotatable bonds is 1. The Balaban J connectivity index is 2.11. The van der Waals surface area contributed by atoms with E-state index in [4.69, 9.17) is 0 Å². The highest BCUT2D eigenvalue weighted by Gasteiger charge is 2.26. The molecule has 1 aliphatic carbocycles. The first-order chi connectivity index (χ1) is 8.22. The van der Waals surface area contributed by atoms with Gasteiger partial charge in [-0.15, -0.1) is 0 Å². The molecular formula is C15H16O2. The van der Waals surface area contributed by atoms with Crippen LogP contribution in [0.15, 0.2) is 24.3 Å². The Labute approximate surface area is 102 Å². The molecule has 0 unspecified atom stereocenters. The van der Waals surface area contributed by atoms with E-state index in [1.54, 1.807) is 12.1 Å². The van der Waals surface area contributed by atoms with E-state index in [0.717, 1.165) is 37.5 Å². The summed E-state index contributed by atoms with van der Waals surface area (Å²) in [5.74, 6) is 5.96. The van der Waals surface area contributed by atoms with Crippen molar-refractivity contribution in [3.63, 3.8) is 0 Å². The van der Waals surface area contributed by atoms with E-state index in [1.165, 1.54) is 6.42 Å². The smallest absolute Gasteiger partial charge is 0.150 e. The van der Waals surface area contributed by atoms with Gasteiger partial charge in [0.2, 0.25) is 0 Å². The predicted octanol–water partition coefficient (Wildman–Crippen LogP) is 2.55. The standard InChI is InChI=1S/C15H16O2/c16-12-14-6-4-13(5-7-14)8-11-15(17)9-2-1-3-10-15/h4-7,12,17H,1-3,9-10H2. The Morgan fingerprint density at radius 1 is 1.12 bits per heavy atom. The van der Waals surface area contributed by atoms with Crippen LogP contribution in [0, 0.1) is 11.8 Å². The van der Waals surface area contributed by atoms with Gasteiger partial charge in [0, 0.05) is 11.1 Å². The lowest BCUT2D eigenvalue weighted by Gasteiger charge is -2.26. The molecule has 0 saturated heterocycles. The molecular weight excluding hydrogens is 212 g/mol. The van der Waals surface area contributed by atoms with Crippen LogP contribution < -0.4 is 0 Å². The summed E-state index contributed by atoms with van der Waals surface area (Å²) < 4.78 is 0. The summed E-state index contributed by atoms with van der Waals surface area (Å²) >= 11 is 0. The van der Waals surface area contributed by atoms with Crippen LogP contribution in [0.2, 0.25) is 0 Å². The molecule has 0 spiro atoms. The number of carbonyl (C=O) groups excluding carboxylic acids is 1. The van der Waals surface area contributed by atoms with E-state index >= 15 is 0 Å². The third kappa shape index (κ3) is 3.18. The van der Waals surface area contributed by atoms with Crippen LogP contribution in [-0.4, -0.2) is 17.0 Å². The highest BCUT2D eigenvalue weighted by Crippen LogP contribution is 2.27. The zero-order valence-electron chi connectivity index (χ0n) is 9.78. The number of benzene rings is 1. The minimum atomic E-state index is -0.804. The summed E-state index contributed by atoms with van der Waals surface area (Å²) in [4.78, 5) is 10.5. The number of carbonyl (C=O) groups is 1. The fourth-order valence-corrected chi connectivity index (χ4v) is 2.10. The van der Waals surface area contributed by atoms with Gasteiger partial charge in [-0.3, -0.25) is 4.79 Å². The monoisotopic (exact) mass is 228 g/mol. The van der Waals surface area contributed by atoms with Crippen LogP contribution >= 0.6 is 0 Å². The summed E-state index contributed by atoms with van der Waals surface area (Å²) in [5, 5.41) is 10.2. The molecule has 2 nitrogen and oxygen atoms in total. The van der Waals surface area contributed by atoms with E-state index in [-0.39, 0.29) is 0 Å². The van der Waals surface area contributed by atoms with Crippen LogP contribution in [0.4, 0.5) is 0 Å². The Morgan fingerprint density at radius 3 is 2.35 bits per heavy atom. The average molecular weight is 228 g/mol. The Kier molecular flexibility index (Phi) is 3.61. The lowest BCUT2D eigenvalue weighted by molar-refractivity contribution is 0.0610. The fourth-order valence-electron chi connectivity index (χ4n) is 2.10. The number of hydrogen-bond acceptors (Lipinski definition) is 2. The molecule has 0 amide bonds. The highest BCUT2D eigenvalue weighted by molar-refractivity contribution is 5.74. The van der Waals surface area contributed by atoms with Crippen LogP contribution in [-0.2, 0) is 0 Å². The van der Waals surface area contributed by atoms with Crippen molar-refractivity contribution in [2.75, 3.05) is 0 Å². The second-order valence-corrected chi connectivity index (χ2v) is 4.58. The maximum atomic E-state index is 10.5. The van der Waals surface area contributed by atoms with Crippen molar-refractivity contribution in [2.24, 2.45) is 0 Å². The van der Waals surface area contributed by atoms with E-state index in [9.17, 15) is 9.90 Å². The molecule has 1 fully saturated rings. The second-order valence-electron chi connectivity index (χ2n) is 4.58. The third-order valence-corrected chi connectivity index (χ3v) is 3.17. The van der Waals surface area contributed by atoms with Gasteiger partial charge in [-0.1, -0.05) is 30.4 Å². The first-order valence-electron chi connectivity index (χ1n) is 6.03. The van der Waals surface area contributed by atoms with Crippen molar-refractivity contribution >= 4 is 6.29 Å². The van der Waals surface area contributed by atoms with Gasteiger partial charge >= 0.3 is 0 Å². The van der Waals surface area contributed by atoms with Gasteiger partial charge < -0.3 is 5.11 Å². The van der Waals surface area contributed by atoms with Gasteiger partial charge in [0.1, 0.15) is 11.9 Å². The highest BCUT2D eigenvalue weighted by atomic mass is 16.3. The third-order valence-electron chi connectivity index (χ3n) is 3.17. The molecule has 88 valence electrons. The molecule has 1 N–H and O–H groups in total. The zero-order valence-corrected chi connectivity index (χ0v) is 9.78. The summed E-state index contributed by atoms with van der Waals surface area (Å²) in [6.07, 6.45) is 5.65. The molecule has 1 aliphatic rings. The SMILES string of the molecule is O=Cc1ccc(C#CC2(O)CCCCC2)cc1. The van der Waals surface area contributed by atoms with Crippen molar-refractivity contribution in [2.45, 2.75) is 37.7 Å². The Bertz CT molecular complexity index is 442. The molecule has 0 aliphatic heterocycles. The van der Waals surface area contributed by atoms with E-state index < -0.39 is 5.60 Å². The maximum Gasteiger partial charge on any atom is 0.150 e. The number of aldehydes is 1. The average Bonchev–Trinajstić information content (AvgIpc) is 2.38. The minimum Gasteiger partial charge on any atom is -0.378 e. The van der Waals surface area contributed by atoms with Crippen molar-refractivity contribution in [3.8, 4) is 11.8 Å². The first-order valence-corrected chi connectivity index (χ1v) is 6.03. The Hall–Kier alpha value is -1.59. The minimum absolute atomic E-state index is 0.645. The molecule has 0 atom stereocenters. The van der Waals surface area contributed by atoms with Crippen molar-refractivity contribution in [1.82, 2.24) is 0 Å². The molecule has 1 saturated carbocycles. The van der Waals surface area contributed by atoms with Crippen LogP contribution in [0.1, 0.15) is 48.0 Å². The Morgan fingerprint density at radius 2 is 1.76 bits per heavy atom. The van der Waals surface area contributed by atoms with Gasteiger partial charge in [-0.25, -0.2) is 0 Å². The summed E-state index contributed by atoms with van der Waals surface area (Å²) in [6, 6.07) is 7.09. The predicted molar refractivity (Wildman–Crippen MR) is 66.7 cm³/mol. The molecule has 1 aromatic carbocycles. The summed E-state index contributed by atoms with van der Waals surface area (Å²) in [7, 11) is 0. The quantitative estimate of drug-likeness (QED) is 0.592. The molecule has 0 radical (unpaired) electrons. The van der Waals surface area contributed by atoms with Gasteiger partial charge in [0.05, 0.1) is 0 Å². The summed E-state index contributed by atoms with van der Waals surface area (Å²) in [5.41, 5.74) is 0.684. The van der Waals surface area contributed by atoms with Crippen LogP contribution in [0.5, 0.6) is 0 Å². The van der Waals surface area contributed by atoms with Crippen molar-refractivity contribution in [1.29, 1.82) is 0 Å². The zero-order chi connectivity index (χ0) is 12.1. The van der Waals surface area contributed by atoms with Crippen molar-refractivity contribution in [3.05, 3.63) is 35.4 Å². The maximum absolute atomic E-state index is 10.5.